The number of aromatic amines is 1. The van der Waals surface area contributed by atoms with Crippen LogP contribution in [0.1, 0.15) is 0 Å². The summed E-state index contributed by atoms with van der Waals surface area (Å²) in [4.78, 5) is 35.6. The smallest absolute Gasteiger partial charge is 0.196 e. The van der Waals surface area contributed by atoms with Crippen LogP contribution in [0.5, 0.6) is 0 Å². The van der Waals surface area contributed by atoms with E-state index in [9.17, 15) is 15.1 Å². The summed E-state index contributed by atoms with van der Waals surface area (Å²) in [5, 5.41) is 5.00. The average molecular weight is 636 g/mol. The molecule has 1 aromatic heterocycles. The van der Waals surface area contributed by atoms with E-state index in [1.165, 1.54) is 23.1 Å². The maximum atomic E-state index is 13.8. The standard InChI is InChI=1S/C26H12Br2N4O2S2/c27-12-5-8-14(9-6-12)35-26-22(31-32-29)20-19(23(33)15-3-1-2-4-16(15)24(20)34)21-25(26)36-18-11-13(28)7-10-17(18)30-21/h1-11,30H. The third-order valence-corrected chi connectivity index (χ3v) is 9.28. The fourth-order valence-corrected chi connectivity index (χ4v) is 7.34. The van der Waals surface area contributed by atoms with Crippen molar-refractivity contribution >= 4 is 103 Å². The van der Waals surface area contributed by atoms with Crippen molar-refractivity contribution in [3.05, 3.63) is 107 Å². The molecule has 0 spiro atoms. The Bertz CT molecular complexity index is 2050. The Morgan fingerprint density at radius 1 is 0.889 bits per heavy atom. The van der Waals surface area contributed by atoms with Crippen molar-refractivity contribution in [3.63, 3.8) is 0 Å². The first-order valence-corrected chi connectivity index (χ1v) is 13.8. The number of azide groups is 1. The largest absolute Gasteiger partial charge is 0.353 e. The van der Waals surface area contributed by atoms with E-state index < -0.39 is 0 Å². The third-order valence-electron chi connectivity index (χ3n) is 5.85. The fraction of sp³-hybridized carbons (Fsp3) is 0. The van der Waals surface area contributed by atoms with Gasteiger partial charge in [-0.2, -0.15) is 0 Å². The van der Waals surface area contributed by atoms with Crippen LogP contribution in [0.15, 0.2) is 100 Å². The van der Waals surface area contributed by atoms with Gasteiger partial charge < -0.3 is 4.98 Å². The van der Waals surface area contributed by atoms with Crippen molar-refractivity contribution in [3.8, 4) is 0 Å². The number of hydrogen-bond donors (Lipinski definition) is 1. The van der Waals surface area contributed by atoms with E-state index in [1.54, 1.807) is 24.3 Å². The highest BCUT2D eigenvalue weighted by atomic mass is 79.9. The molecule has 0 fully saturated rings. The van der Waals surface area contributed by atoms with Gasteiger partial charge in [0.2, 0.25) is 0 Å². The van der Waals surface area contributed by atoms with Crippen LogP contribution in [-0.4, -0.2) is 4.98 Å². The maximum Gasteiger partial charge on any atom is 0.196 e. The molecule has 0 saturated carbocycles. The summed E-state index contributed by atoms with van der Waals surface area (Å²) < 4.78 is 3.52. The summed E-state index contributed by atoms with van der Waals surface area (Å²) in [5.74, 6) is 0. The minimum Gasteiger partial charge on any atom is -0.353 e. The third kappa shape index (κ3) is 3.73. The van der Waals surface area contributed by atoms with E-state index in [0.717, 1.165) is 28.8 Å². The number of rotatable bonds is 3. The number of aromatic nitrogens is 1. The van der Waals surface area contributed by atoms with Crippen molar-refractivity contribution in [1.29, 1.82) is 0 Å². The molecule has 6 aromatic rings. The molecule has 5 aromatic carbocycles. The summed E-state index contributed by atoms with van der Waals surface area (Å²) in [6, 6.07) is 20.3. The van der Waals surface area contributed by atoms with Crippen LogP contribution in [0.3, 0.4) is 0 Å². The number of benzene rings is 5. The predicted molar refractivity (Wildman–Crippen MR) is 156 cm³/mol. The quantitative estimate of drug-likeness (QED) is 0.0690. The second-order valence-corrected chi connectivity index (χ2v) is 11.9. The zero-order valence-corrected chi connectivity index (χ0v) is 22.9. The number of H-pyrrole nitrogens is 1. The van der Waals surface area contributed by atoms with Crippen LogP contribution < -0.4 is 10.9 Å². The van der Waals surface area contributed by atoms with Gasteiger partial charge in [-0.25, -0.2) is 0 Å². The summed E-state index contributed by atoms with van der Waals surface area (Å²) in [5.41, 5.74) is 10.4. The van der Waals surface area contributed by atoms with Crippen molar-refractivity contribution in [2.45, 2.75) is 9.79 Å². The molecule has 0 bridgehead atoms. The van der Waals surface area contributed by atoms with E-state index in [2.05, 4.69) is 46.9 Å². The van der Waals surface area contributed by atoms with Crippen LogP contribution in [0, 0.1) is 0 Å². The van der Waals surface area contributed by atoms with Gasteiger partial charge in [0, 0.05) is 39.8 Å². The Morgan fingerprint density at radius 2 is 1.56 bits per heavy atom. The maximum absolute atomic E-state index is 13.8. The molecule has 10 heteroatoms. The fourth-order valence-electron chi connectivity index (χ4n) is 4.29. The van der Waals surface area contributed by atoms with Gasteiger partial charge in [0.25, 0.3) is 0 Å². The molecular formula is C26H12Br2N4O2S2. The first kappa shape index (κ1) is 23.3. The van der Waals surface area contributed by atoms with Crippen molar-refractivity contribution in [2.24, 2.45) is 5.11 Å². The van der Waals surface area contributed by atoms with Gasteiger partial charge in [0.1, 0.15) is 0 Å². The molecule has 0 aliphatic rings. The SMILES string of the molecule is [N-]=[N+]=Nc1c(Sc2ccc(Br)cc2)c2sc3cc(Br)ccc3[nH]c2c2c(=O)c3ccccc3c(=O)c12. The zero-order chi connectivity index (χ0) is 25.0. The van der Waals surface area contributed by atoms with Gasteiger partial charge in [-0.3, -0.25) is 9.59 Å². The predicted octanol–water partition coefficient (Wildman–Crippen LogP) is 9.03. The lowest BCUT2D eigenvalue weighted by atomic mass is 10.00. The monoisotopic (exact) mass is 634 g/mol. The summed E-state index contributed by atoms with van der Waals surface area (Å²) in [7, 11) is 0. The zero-order valence-electron chi connectivity index (χ0n) is 18.1. The summed E-state index contributed by atoms with van der Waals surface area (Å²) >= 11 is 9.85. The highest BCUT2D eigenvalue weighted by molar-refractivity contribution is 9.10. The van der Waals surface area contributed by atoms with Gasteiger partial charge >= 0.3 is 0 Å². The number of halogens is 2. The first-order chi connectivity index (χ1) is 17.5. The van der Waals surface area contributed by atoms with Crippen molar-refractivity contribution in [2.75, 3.05) is 0 Å². The van der Waals surface area contributed by atoms with Crippen LogP contribution in [-0.2, 0) is 0 Å². The Labute approximate surface area is 227 Å². The minimum atomic E-state index is -0.337. The molecule has 0 aliphatic carbocycles. The highest BCUT2D eigenvalue weighted by Crippen LogP contribution is 2.47. The van der Waals surface area contributed by atoms with Crippen molar-refractivity contribution < 1.29 is 0 Å². The molecule has 1 heterocycles. The molecule has 0 aliphatic heterocycles. The van der Waals surface area contributed by atoms with Crippen LogP contribution in [0.25, 0.3) is 52.4 Å². The Balaban J connectivity index is 1.89. The molecule has 1 N–H and O–H groups in total. The number of hydrogen-bond acceptors (Lipinski definition) is 5. The van der Waals surface area contributed by atoms with E-state index >= 15 is 0 Å². The Kier molecular flexibility index (Phi) is 5.86. The Hall–Kier alpha value is -3.14. The lowest BCUT2D eigenvalue weighted by Gasteiger charge is -2.15. The van der Waals surface area contributed by atoms with E-state index in [4.69, 9.17) is 0 Å². The number of fused-ring (bicyclic) bond motifs is 5. The van der Waals surface area contributed by atoms with Gasteiger partial charge in [0.05, 0.1) is 31.5 Å². The van der Waals surface area contributed by atoms with Gasteiger partial charge in [-0.05, 0) is 48.0 Å². The molecular weight excluding hydrogens is 624 g/mol. The average Bonchev–Trinajstić information content (AvgIpc) is 2.88. The van der Waals surface area contributed by atoms with E-state index in [1.807, 2.05) is 42.5 Å². The molecule has 0 radical (unpaired) electrons. The van der Waals surface area contributed by atoms with Crippen molar-refractivity contribution in [1.82, 2.24) is 4.98 Å². The molecule has 6 nitrogen and oxygen atoms in total. The van der Waals surface area contributed by atoms with E-state index in [-0.39, 0.29) is 27.3 Å². The first-order valence-electron chi connectivity index (χ1n) is 10.6. The van der Waals surface area contributed by atoms with E-state index in [0.29, 0.717) is 21.2 Å². The topological polar surface area (TPSA) is 98.7 Å². The normalized spacial score (nSPS) is 11.4. The second kappa shape index (κ2) is 9.06. The van der Waals surface area contributed by atoms with Crippen LogP contribution >= 0.6 is 55.0 Å². The van der Waals surface area contributed by atoms with Gasteiger partial charge in [-0.1, -0.05) is 73.0 Å². The van der Waals surface area contributed by atoms with Gasteiger partial charge in [0.15, 0.2) is 10.9 Å². The highest BCUT2D eigenvalue weighted by Gasteiger charge is 2.23. The molecule has 0 amide bonds. The lowest BCUT2D eigenvalue weighted by Crippen LogP contribution is -2.14. The minimum absolute atomic E-state index is 0.128. The van der Waals surface area contributed by atoms with Crippen LogP contribution in [0.2, 0.25) is 0 Å². The number of nitrogens with one attached hydrogen (secondary N) is 1. The second-order valence-electron chi connectivity index (χ2n) is 7.95. The van der Waals surface area contributed by atoms with Gasteiger partial charge in [-0.15, -0.1) is 11.3 Å². The molecule has 174 valence electrons. The number of nitrogens with zero attached hydrogens (tertiary/aromatic N) is 3. The molecule has 6 rings (SSSR count). The van der Waals surface area contributed by atoms with Crippen LogP contribution in [0.4, 0.5) is 5.69 Å². The lowest BCUT2D eigenvalue weighted by molar-refractivity contribution is 1.38. The summed E-state index contributed by atoms with van der Waals surface area (Å²) in [6.07, 6.45) is 0. The summed E-state index contributed by atoms with van der Waals surface area (Å²) in [6.45, 7) is 0. The molecule has 0 unspecified atom stereocenters. The molecule has 36 heavy (non-hydrogen) atoms. The Morgan fingerprint density at radius 3 is 2.25 bits per heavy atom. The molecule has 0 atom stereocenters. The molecule has 0 saturated heterocycles.